The van der Waals surface area contributed by atoms with Crippen molar-refractivity contribution in [2.24, 2.45) is 29.6 Å². The molecule has 0 amide bonds. The molecule has 1 aliphatic carbocycles. The molecule has 0 aromatic rings. The fourth-order valence-corrected chi connectivity index (χ4v) is 3.22. The lowest BCUT2D eigenvalue weighted by Gasteiger charge is -2.38. The maximum atomic E-state index is 9.08. The van der Waals surface area contributed by atoms with Crippen LogP contribution in [0.3, 0.4) is 0 Å². The molecule has 1 rings (SSSR count). The van der Waals surface area contributed by atoms with Crippen LogP contribution in [-0.2, 0) is 0 Å². The molecule has 0 aromatic carbocycles. The van der Waals surface area contributed by atoms with Crippen LogP contribution in [-0.4, -0.2) is 0 Å². The first-order valence-electron chi connectivity index (χ1n) is 6.80. The summed E-state index contributed by atoms with van der Waals surface area (Å²) in [5.74, 6) is 1.44. The molecule has 0 N–H and O–H groups in total. The van der Waals surface area contributed by atoms with Crippen molar-refractivity contribution < 1.29 is 0 Å². The molecular formula is C15H21N3. The largest absolute Gasteiger partial charge is 0.198 e. The van der Waals surface area contributed by atoms with E-state index in [1.807, 2.05) is 13.8 Å². The van der Waals surface area contributed by atoms with Gasteiger partial charge in [0.25, 0.3) is 0 Å². The van der Waals surface area contributed by atoms with Crippen LogP contribution in [0.4, 0.5) is 0 Å². The first-order chi connectivity index (χ1) is 8.63. The van der Waals surface area contributed by atoms with Crippen molar-refractivity contribution in [1.82, 2.24) is 0 Å². The predicted molar refractivity (Wildman–Crippen MR) is 68.7 cm³/mol. The minimum Gasteiger partial charge on any atom is -0.198 e. The molecule has 0 heterocycles. The Morgan fingerprint density at radius 2 is 1.72 bits per heavy atom. The fourth-order valence-electron chi connectivity index (χ4n) is 3.22. The molecule has 5 atom stereocenters. The number of rotatable bonds is 4. The molecule has 0 aliphatic heterocycles. The highest BCUT2D eigenvalue weighted by atomic mass is 14.4. The van der Waals surface area contributed by atoms with Gasteiger partial charge in [0.1, 0.15) is 0 Å². The van der Waals surface area contributed by atoms with Gasteiger partial charge in [0.15, 0.2) is 0 Å². The van der Waals surface area contributed by atoms with Gasteiger partial charge in [-0.25, -0.2) is 0 Å². The third-order valence-corrected chi connectivity index (χ3v) is 4.47. The molecule has 18 heavy (non-hydrogen) atoms. The second kappa shape index (κ2) is 7.03. The average molecular weight is 243 g/mol. The zero-order valence-corrected chi connectivity index (χ0v) is 11.3. The number of nitriles is 3. The summed E-state index contributed by atoms with van der Waals surface area (Å²) in [7, 11) is 0. The Bertz CT molecular complexity index is 382. The van der Waals surface area contributed by atoms with Gasteiger partial charge in [0.05, 0.1) is 18.2 Å². The molecule has 1 aliphatic rings. The molecule has 0 spiro atoms. The normalized spacial score (nSPS) is 30.5. The fraction of sp³-hybridized carbons (Fsp3) is 0.800. The Morgan fingerprint density at radius 1 is 1.06 bits per heavy atom. The van der Waals surface area contributed by atoms with Gasteiger partial charge in [-0.15, -0.1) is 0 Å². The quantitative estimate of drug-likeness (QED) is 0.756. The summed E-state index contributed by atoms with van der Waals surface area (Å²) in [5.41, 5.74) is 0. The average Bonchev–Trinajstić information content (AvgIpc) is 2.42. The second-order valence-electron chi connectivity index (χ2n) is 5.53. The zero-order chi connectivity index (χ0) is 13.5. The minimum absolute atomic E-state index is 0.0621. The van der Waals surface area contributed by atoms with Crippen LogP contribution < -0.4 is 0 Å². The number of hydrogen-bond donors (Lipinski definition) is 0. The van der Waals surface area contributed by atoms with E-state index >= 15 is 0 Å². The standard InChI is InChI=1S/C15H21N3/c1-11(9-17)13-5-6-15(12(2)10-18)14(8-13)4-3-7-16/h11-15H,3-6,8H2,1-2H3. The lowest BCUT2D eigenvalue weighted by Crippen LogP contribution is -2.31. The van der Waals surface area contributed by atoms with Gasteiger partial charge >= 0.3 is 0 Å². The van der Waals surface area contributed by atoms with Crippen LogP contribution in [0.2, 0.25) is 0 Å². The third-order valence-electron chi connectivity index (χ3n) is 4.47. The van der Waals surface area contributed by atoms with Crippen LogP contribution in [0.25, 0.3) is 0 Å². The smallest absolute Gasteiger partial charge is 0.0655 e. The van der Waals surface area contributed by atoms with Crippen molar-refractivity contribution in [2.45, 2.75) is 46.0 Å². The molecule has 3 heteroatoms. The van der Waals surface area contributed by atoms with E-state index in [4.69, 9.17) is 15.8 Å². The Hall–Kier alpha value is -1.53. The maximum absolute atomic E-state index is 9.08. The predicted octanol–water partition coefficient (Wildman–Crippen LogP) is 3.64. The molecule has 0 radical (unpaired) electrons. The van der Waals surface area contributed by atoms with Crippen LogP contribution in [0, 0.1) is 63.6 Å². The summed E-state index contributed by atoms with van der Waals surface area (Å²) in [6.45, 7) is 3.97. The van der Waals surface area contributed by atoms with Gasteiger partial charge in [-0.2, -0.15) is 15.8 Å². The van der Waals surface area contributed by atoms with Crippen molar-refractivity contribution in [3.63, 3.8) is 0 Å². The SMILES string of the molecule is CC(C#N)C1CCC(C(C)C#N)C(CCC#N)C1. The summed E-state index contributed by atoms with van der Waals surface area (Å²) in [4.78, 5) is 0. The zero-order valence-electron chi connectivity index (χ0n) is 11.3. The highest BCUT2D eigenvalue weighted by Crippen LogP contribution is 2.42. The van der Waals surface area contributed by atoms with E-state index in [1.165, 1.54) is 0 Å². The number of hydrogen-bond acceptors (Lipinski definition) is 3. The first kappa shape index (κ1) is 14.5. The lowest BCUT2D eigenvalue weighted by atomic mass is 9.66. The van der Waals surface area contributed by atoms with Crippen LogP contribution >= 0.6 is 0 Å². The van der Waals surface area contributed by atoms with E-state index in [9.17, 15) is 0 Å². The summed E-state index contributed by atoms with van der Waals surface area (Å²) in [6, 6.07) is 6.89. The van der Waals surface area contributed by atoms with Gasteiger partial charge in [-0.3, -0.25) is 0 Å². The van der Waals surface area contributed by atoms with E-state index < -0.39 is 0 Å². The minimum atomic E-state index is 0.0621. The van der Waals surface area contributed by atoms with Gasteiger partial charge < -0.3 is 0 Å². The molecule has 0 aromatic heterocycles. The van der Waals surface area contributed by atoms with E-state index in [0.717, 1.165) is 25.7 Å². The van der Waals surface area contributed by atoms with Crippen molar-refractivity contribution in [3.05, 3.63) is 0 Å². The highest BCUT2D eigenvalue weighted by molar-refractivity contribution is 4.95. The van der Waals surface area contributed by atoms with E-state index in [-0.39, 0.29) is 11.8 Å². The number of nitrogens with zero attached hydrogens (tertiary/aromatic N) is 3. The first-order valence-corrected chi connectivity index (χ1v) is 6.80. The highest BCUT2D eigenvalue weighted by Gasteiger charge is 2.35. The summed E-state index contributed by atoms with van der Waals surface area (Å²) >= 11 is 0. The molecular weight excluding hydrogens is 222 g/mol. The van der Waals surface area contributed by atoms with Gasteiger partial charge in [0, 0.05) is 18.3 Å². The summed E-state index contributed by atoms with van der Waals surface area (Å²) in [5, 5.41) is 26.8. The molecule has 96 valence electrons. The third kappa shape index (κ3) is 3.48. The van der Waals surface area contributed by atoms with Gasteiger partial charge in [0.2, 0.25) is 0 Å². The molecule has 1 saturated carbocycles. The van der Waals surface area contributed by atoms with E-state index in [2.05, 4.69) is 18.2 Å². The van der Waals surface area contributed by atoms with Crippen LogP contribution in [0.5, 0.6) is 0 Å². The van der Waals surface area contributed by atoms with E-state index in [0.29, 0.717) is 24.2 Å². The molecule has 5 unspecified atom stereocenters. The van der Waals surface area contributed by atoms with Crippen LogP contribution in [0.15, 0.2) is 0 Å². The monoisotopic (exact) mass is 243 g/mol. The van der Waals surface area contributed by atoms with Crippen molar-refractivity contribution in [2.75, 3.05) is 0 Å². The van der Waals surface area contributed by atoms with Gasteiger partial charge in [-0.05, 0) is 57.3 Å². The molecule has 1 fully saturated rings. The van der Waals surface area contributed by atoms with Gasteiger partial charge in [-0.1, -0.05) is 0 Å². The van der Waals surface area contributed by atoms with Crippen molar-refractivity contribution in [3.8, 4) is 18.2 Å². The Labute approximate surface area is 110 Å². The summed E-state index contributed by atoms with van der Waals surface area (Å²) in [6.07, 6.45) is 4.53. The Balaban J connectivity index is 2.71. The lowest BCUT2D eigenvalue weighted by molar-refractivity contribution is 0.126. The Kier molecular flexibility index (Phi) is 5.67. The molecule has 0 bridgehead atoms. The summed E-state index contributed by atoms with van der Waals surface area (Å²) < 4.78 is 0. The van der Waals surface area contributed by atoms with Crippen molar-refractivity contribution in [1.29, 1.82) is 15.8 Å². The topological polar surface area (TPSA) is 71.4 Å². The van der Waals surface area contributed by atoms with E-state index in [1.54, 1.807) is 0 Å². The van der Waals surface area contributed by atoms with Crippen LogP contribution in [0.1, 0.15) is 46.0 Å². The van der Waals surface area contributed by atoms with Crippen molar-refractivity contribution >= 4 is 0 Å². The molecule has 3 nitrogen and oxygen atoms in total. The second-order valence-corrected chi connectivity index (χ2v) is 5.53. The maximum Gasteiger partial charge on any atom is 0.0655 e. The Morgan fingerprint density at radius 3 is 2.28 bits per heavy atom. The molecule has 0 saturated heterocycles.